The van der Waals surface area contributed by atoms with Crippen molar-refractivity contribution in [2.45, 2.75) is 6.42 Å². The summed E-state index contributed by atoms with van der Waals surface area (Å²) < 4.78 is 0. The maximum atomic E-state index is 11.6. The highest BCUT2D eigenvalue weighted by atomic mass is 16.5. The number of hydrogen-bond acceptors (Lipinski definition) is 4. The van der Waals surface area contributed by atoms with E-state index in [1.807, 2.05) is 0 Å². The van der Waals surface area contributed by atoms with Gasteiger partial charge in [-0.2, -0.15) is 0 Å². The van der Waals surface area contributed by atoms with Gasteiger partial charge in [0.1, 0.15) is 0 Å². The van der Waals surface area contributed by atoms with Crippen LogP contribution in [0.4, 0.5) is 5.69 Å². The van der Waals surface area contributed by atoms with E-state index in [0.29, 0.717) is 5.70 Å². The molecule has 0 spiro atoms. The van der Waals surface area contributed by atoms with Gasteiger partial charge >= 0.3 is 0 Å². The summed E-state index contributed by atoms with van der Waals surface area (Å²) in [4.78, 5) is 17.0. The lowest BCUT2D eigenvalue weighted by molar-refractivity contribution is -0.117. The van der Waals surface area contributed by atoms with Crippen LogP contribution in [-0.4, -0.2) is 28.2 Å². The molecular formula is C10H11N3O2. The van der Waals surface area contributed by atoms with E-state index in [2.05, 4.69) is 4.98 Å². The van der Waals surface area contributed by atoms with E-state index in [0.717, 1.165) is 10.8 Å². The zero-order valence-corrected chi connectivity index (χ0v) is 8.29. The summed E-state index contributed by atoms with van der Waals surface area (Å²) >= 11 is 0. The van der Waals surface area contributed by atoms with Gasteiger partial charge in [-0.15, -0.1) is 0 Å². The summed E-state index contributed by atoms with van der Waals surface area (Å²) in [5.74, 6) is -0.0582. The van der Waals surface area contributed by atoms with Crippen molar-refractivity contribution in [1.82, 2.24) is 10.0 Å². The molecular weight excluding hydrogens is 194 g/mol. The van der Waals surface area contributed by atoms with Crippen molar-refractivity contribution >= 4 is 11.6 Å². The Labute approximate surface area is 87.2 Å². The zero-order valence-electron chi connectivity index (χ0n) is 8.29. The number of anilines is 1. The molecule has 0 fully saturated rings. The molecule has 1 aliphatic heterocycles. The number of nitrogens with zero attached hydrogens (tertiary/aromatic N) is 3. The van der Waals surface area contributed by atoms with Crippen LogP contribution in [0.1, 0.15) is 6.42 Å². The van der Waals surface area contributed by atoms with Crippen LogP contribution in [0.5, 0.6) is 0 Å². The fourth-order valence-corrected chi connectivity index (χ4v) is 1.43. The lowest BCUT2D eigenvalue weighted by Crippen LogP contribution is -2.19. The molecule has 0 saturated heterocycles. The number of carbonyl (C=O) groups is 1. The van der Waals surface area contributed by atoms with Crippen molar-refractivity contribution in [1.29, 1.82) is 0 Å². The van der Waals surface area contributed by atoms with Crippen LogP contribution in [0.25, 0.3) is 0 Å². The molecule has 1 aromatic heterocycles. The molecule has 0 unspecified atom stereocenters. The fraction of sp³-hybridized carbons (Fsp3) is 0.200. The lowest BCUT2D eigenvalue weighted by atomic mass is 10.3. The number of rotatable bonds is 2. The summed E-state index contributed by atoms with van der Waals surface area (Å²) in [6, 6.07) is 3.49. The molecule has 0 atom stereocenters. The van der Waals surface area contributed by atoms with Crippen molar-refractivity contribution in [2.24, 2.45) is 0 Å². The van der Waals surface area contributed by atoms with Crippen LogP contribution in [0.15, 0.2) is 36.4 Å². The minimum Gasteiger partial charge on any atom is -0.289 e. The summed E-state index contributed by atoms with van der Waals surface area (Å²) in [7, 11) is 1.50. The van der Waals surface area contributed by atoms with E-state index in [-0.39, 0.29) is 12.3 Å². The smallest absolute Gasteiger partial charge is 0.237 e. The molecule has 1 amide bonds. The molecule has 5 heteroatoms. The molecule has 0 bridgehead atoms. The Morgan fingerprint density at radius 2 is 2.13 bits per heavy atom. The first-order valence-corrected chi connectivity index (χ1v) is 4.54. The maximum absolute atomic E-state index is 11.6. The van der Waals surface area contributed by atoms with E-state index in [4.69, 9.17) is 0 Å². The third-order valence-electron chi connectivity index (χ3n) is 2.24. The van der Waals surface area contributed by atoms with Gasteiger partial charge < -0.3 is 0 Å². The Kier molecular flexibility index (Phi) is 2.39. The largest absolute Gasteiger partial charge is 0.289 e. The second-order valence-corrected chi connectivity index (χ2v) is 3.29. The van der Waals surface area contributed by atoms with E-state index in [1.54, 1.807) is 30.7 Å². The van der Waals surface area contributed by atoms with E-state index >= 15 is 0 Å². The molecule has 2 rings (SSSR count). The van der Waals surface area contributed by atoms with Crippen molar-refractivity contribution in [3.8, 4) is 0 Å². The van der Waals surface area contributed by atoms with Crippen molar-refractivity contribution < 1.29 is 10.0 Å². The van der Waals surface area contributed by atoms with Gasteiger partial charge in [0.2, 0.25) is 5.91 Å². The van der Waals surface area contributed by atoms with Crippen LogP contribution < -0.4 is 4.90 Å². The van der Waals surface area contributed by atoms with E-state index in [9.17, 15) is 10.0 Å². The first-order valence-electron chi connectivity index (χ1n) is 4.54. The molecule has 15 heavy (non-hydrogen) atoms. The van der Waals surface area contributed by atoms with Gasteiger partial charge in [-0.25, -0.2) is 0 Å². The average Bonchev–Trinajstić information content (AvgIpc) is 2.62. The monoisotopic (exact) mass is 205 g/mol. The Bertz CT molecular complexity index is 400. The zero-order chi connectivity index (χ0) is 10.8. The summed E-state index contributed by atoms with van der Waals surface area (Å²) in [6.07, 6.45) is 5.08. The molecule has 5 nitrogen and oxygen atoms in total. The number of amides is 1. The van der Waals surface area contributed by atoms with Crippen LogP contribution in [-0.2, 0) is 4.79 Å². The van der Waals surface area contributed by atoms with Gasteiger partial charge in [-0.3, -0.25) is 24.9 Å². The Hall–Kier alpha value is -1.88. The third-order valence-corrected chi connectivity index (χ3v) is 2.24. The minimum absolute atomic E-state index is 0.0582. The van der Waals surface area contributed by atoms with Crippen LogP contribution >= 0.6 is 0 Å². The van der Waals surface area contributed by atoms with Crippen LogP contribution in [0, 0.1) is 0 Å². The normalized spacial score (nSPS) is 15.5. The van der Waals surface area contributed by atoms with Crippen molar-refractivity contribution in [3.05, 3.63) is 36.4 Å². The van der Waals surface area contributed by atoms with Crippen molar-refractivity contribution in [3.63, 3.8) is 0 Å². The van der Waals surface area contributed by atoms with Gasteiger partial charge in [-0.1, -0.05) is 0 Å². The maximum Gasteiger partial charge on any atom is 0.237 e. The summed E-state index contributed by atoms with van der Waals surface area (Å²) in [6.45, 7) is 0. The van der Waals surface area contributed by atoms with Gasteiger partial charge in [-0.05, 0) is 12.1 Å². The molecule has 78 valence electrons. The highest BCUT2D eigenvalue weighted by Gasteiger charge is 2.24. The molecule has 1 aliphatic rings. The Morgan fingerprint density at radius 3 is 2.67 bits per heavy atom. The predicted molar refractivity (Wildman–Crippen MR) is 54.0 cm³/mol. The Balaban J connectivity index is 2.28. The molecule has 1 aromatic rings. The molecule has 0 aliphatic carbocycles. The highest BCUT2D eigenvalue weighted by Crippen LogP contribution is 2.23. The van der Waals surface area contributed by atoms with Crippen LogP contribution in [0.3, 0.4) is 0 Å². The Morgan fingerprint density at radius 1 is 1.47 bits per heavy atom. The van der Waals surface area contributed by atoms with Crippen molar-refractivity contribution in [2.75, 3.05) is 11.9 Å². The molecule has 2 heterocycles. The SMILES string of the molecule is CN(O)C1=CN(c2ccncc2)C(=O)C1. The molecule has 1 N–H and O–H groups in total. The number of aromatic nitrogens is 1. The third kappa shape index (κ3) is 1.82. The molecule has 0 saturated carbocycles. The number of pyridine rings is 1. The first kappa shape index (κ1) is 9.67. The number of carbonyl (C=O) groups excluding carboxylic acids is 1. The summed E-state index contributed by atoms with van der Waals surface area (Å²) in [5.41, 5.74) is 1.34. The molecule has 0 radical (unpaired) electrons. The lowest BCUT2D eigenvalue weighted by Gasteiger charge is -2.12. The minimum atomic E-state index is -0.0582. The van der Waals surface area contributed by atoms with Gasteiger partial charge in [0.05, 0.1) is 17.8 Å². The van der Waals surface area contributed by atoms with Crippen LogP contribution in [0.2, 0.25) is 0 Å². The standard InChI is InChI=1S/C10H11N3O2/c1-12(15)9-6-10(14)13(7-9)8-2-4-11-5-3-8/h2-5,7,15H,6H2,1H3. The fourth-order valence-electron chi connectivity index (χ4n) is 1.43. The van der Waals surface area contributed by atoms with E-state index < -0.39 is 0 Å². The summed E-state index contributed by atoms with van der Waals surface area (Å²) in [5, 5.41) is 10.2. The topological polar surface area (TPSA) is 56.7 Å². The number of hydroxylamine groups is 2. The van der Waals surface area contributed by atoms with Gasteiger partial charge in [0, 0.05) is 25.6 Å². The second kappa shape index (κ2) is 3.70. The molecule has 0 aromatic carbocycles. The van der Waals surface area contributed by atoms with E-state index in [1.165, 1.54) is 11.9 Å². The average molecular weight is 205 g/mol. The van der Waals surface area contributed by atoms with Gasteiger partial charge in [0.15, 0.2) is 0 Å². The highest BCUT2D eigenvalue weighted by molar-refractivity contribution is 5.99. The second-order valence-electron chi connectivity index (χ2n) is 3.29. The van der Waals surface area contributed by atoms with Gasteiger partial charge in [0.25, 0.3) is 0 Å². The quantitative estimate of drug-likeness (QED) is 0.731. The predicted octanol–water partition coefficient (Wildman–Crippen LogP) is 0.981. The first-order chi connectivity index (χ1) is 7.18. The number of hydrogen-bond donors (Lipinski definition) is 1.